The van der Waals surface area contributed by atoms with E-state index in [1.165, 1.54) is 18.2 Å². The molecule has 0 heterocycles. The van der Waals surface area contributed by atoms with E-state index in [1.807, 2.05) is 24.3 Å². The molecule has 3 nitrogen and oxygen atoms in total. The van der Waals surface area contributed by atoms with E-state index in [4.69, 9.17) is 0 Å². The predicted molar refractivity (Wildman–Crippen MR) is 80.5 cm³/mol. The highest BCUT2D eigenvalue weighted by Crippen LogP contribution is 2.31. The first kappa shape index (κ1) is 14.2. The van der Waals surface area contributed by atoms with Gasteiger partial charge in [0, 0.05) is 12.0 Å². The number of carbonyl (C=O) groups is 1. The molecule has 0 saturated heterocycles. The lowest BCUT2D eigenvalue weighted by Crippen LogP contribution is -2.33. The molecule has 0 spiro atoms. The number of fused-ring (bicyclic) bond motifs is 1. The second-order valence-electron chi connectivity index (χ2n) is 5.05. The lowest BCUT2D eigenvalue weighted by Gasteiger charge is -2.18. The average Bonchev–Trinajstić information content (AvgIpc) is 2.78. The molecular weight excluding hydrogens is 337 g/mol. The Morgan fingerprint density at radius 2 is 2.05 bits per heavy atom. The smallest absolute Gasteiger partial charge is 0.251 e. The van der Waals surface area contributed by atoms with E-state index in [2.05, 4.69) is 21.2 Å². The van der Waals surface area contributed by atoms with Crippen LogP contribution in [0.3, 0.4) is 0 Å². The number of aliphatic hydroxyl groups excluding tert-OH is 1. The summed E-state index contributed by atoms with van der Waals surface area (Å²) in [5, 5.41) is 12.9. The zero-order chi connectivity index (χ0) is 15.0. The van der Waals surface area contributed by atoms with Gasteiger partial charge >= 0.3 is 0 Å². The topological polar surface area (TPSA) is 49.3 Å². The van der Waals surface area contributed by atoms with E-state index >= 15 is 0 Å². The molecule has 2 atom stereocenters. The van der Waals surface area contributed by atoms with Crippen molar-refractivity contribution in [1.29, 1.82) is 0 Å². The van der Waals surface area contributed by atoms with Gasteiger partial charge in [0.15, 0.2) is 0 Å². The van der Waals surface area contributed by atoms with Gasteiger partial charge in [-0.1, -0.05) is 24.3 Å². The van der Waals surface area contributed by atoms with Gasteiger partial charge in [0.1, 0.15) is 5.82 Å². The van der Waals surface area contributed by atoms with Crippen molar-refractivity contribution in [2.24, 2.45) is 0 Å². The SMILES string of the molecule is O=C(N[C@H]1c2ccccc2C[C@H]1O)c1ccc(F)c(Br)c1. The fraction of sp³-hybridized carbons (Fsp3) is 0.188. The predicted octanol–water partition coefficient (Wildman–Crippen LogP) is 2.98. The van der Waals surface area contributed by atoms with Gasteiger partial charge in [-0.05, 0) is 45.3 Å². The highest BCUT2D eigenvalue weighted by molar-refractivity contribution is 9.10. The van der Waals surface area contributed by atoms with Crippen LogP contribution in [0.1, 0.15) is 27.5 Å². The normalized spacial score (nSPS) is 20.1. The maximum absolute atomic E-state index is 13.2. The van der Waals surface area contributed by atoms with Crippen molar-refractivity contribution in [1.82, 2.24) is 5.32 Å². The summed E-state index contributed by atoms with van der Waals surface area (Å²) in [6.45, 7) is 0. The summed E-state index contributed by atoms with van der Waals surface area (Å²) in [5.74, 6) is -0.755. The second-order valence-corrected chi connectivity index (χ2v) is 5.90. The van der Waals surface area contributed by atoms with E-state index in [0.717, 1.165) is 11.1 Å². The quantitative estimate of drug-likeness (QED) is 0.875. The Hall–Kier alpha value is -1.72. The van der Waals surface area contributed by atoms with E-state index < -0.39 is 18.0 Å². The molecule has 5 heteroatoms. The number of benzene rings is 2. The summed E-state index contributed by atoms with van der Waals surface area (Å²) in [6, 6.07) is 11.3. The lowest BCUT2D eigenvalue weighted by atomic mass is 10.1. The zero-order valence-electron chi connectivity index (χ0n) is 11.0. The molecule has 2 aromatic rings. The van der Waals surface area contributed by atoms with Crippen LogP contribution in [0.5, 0.6) is 0 Å². The Kier molecular flexibility index (Phi) is 3.78. The Bertz CT molecular complexity index is 704. The minimum Gasteiger partial charge on any atom is -0.390 e. The third-order valence-electron chi connectivity index (χ3n) is 3.67. The number of rotatable bonds is 2. The van der Waals surface area contributed by atoms with Crippen LogP contribution in [0, 0.1) is 5.82 Å². The molecule has 108 valence electrons. The van der Waals surface area contributed by atoms with Gasteiger partial charge in [0.05, 0.1) is 16.6 Å². The van der Waals surface area contributed by atoms with Crippen LogP contribution in [-0.2, 0) is 6.42 Å². The number of halogens is 2. The highest BCUT2D eigenvalue weighted by Gasteiger charge is 2.32. The molecule has 21 heavy (non-hydrogen) atoms. The molecule has 0 bridgehead atoms. The molecule has 0 radical (unpaired) electrons. The van der Waals surface area contributed by atoms with Crippen molar-refractivity contribution in [2.75, 3.05) is 0 Å². The zero-order valence-corrected chi connectivity index (χ0v) is 12.6. The average molecular weight is 350 g/mol. The molecule has 2 N–H and O–H groups in total. The van der Waals surface area contributed by atoms with Gasteiger partial charge in [-0.25, -0.2) is 4.39 Å². The van der Waals surface area contributed by atoms with Gasteiger partial charge < -0.3 is 10.4 Å². The molecule has 1 aliphatic carbocycles. The fourth-order valence-electron chi connectivity index (χ4n) is 2.61. The number of amides is 1. The maximum Gasteiger partial charge on any atom is 0.251 e. The third-order valence-corrected chi connectivity index (χ3v) is 4.28. The van der Waals surface area contributed by atoms with E-state index in [1.54, 1.807) is 0 Å². The monoisotopic (exact) mass is 349 g/mol. The van der Waals surface area contributed by atoms with Gasteiger partial charge in [-0.2, -0.15) is 0 Å². The Morgan fingerprint density at radius 1 is 1.29 bits per heavy atom. The minimum atomic E-state index is -0.643. The number of aliphatic hydroxyl groups is 1. The van der Waals surface area contributed by atoms with Crippen LogP contribution in [0.25, 0.3) is 0 Å². The summed E-state index contributed by atoms with van der Waals surface area (Å²) in [4.78, 5) is 12.3. The largest absolute Gasteiger partial charge is 0.390 e. The number of carbonyl (C=O) groups excluding carboxylic acids is 1. The summed E-state index contributed by atoms with van der Waals surface area (Å²) >= 11 is 3.06. The van der Waals surface area contributed by atoms with Crippen molar-refractivity contribution in [3.05, 3.63) is 69.4 Å². The summed E-state index contributed by atoms with van der Waals surface area (Å²) in [7, 11) is 0. The Balaban J connectivity index is 1.83. The fourth-order valence-corrected chi connectivity index (χ4v) is 2.99. The Labute approximate surface area is 129 Å². The number of hydrogen-bond acceptors (Lipinski definition) is 2. The maximum atomic E-state index is 13.2. The minimum absolute atomic E-state index is 0.238. The molecule has 1 amide bonds. The highest BCUT2D eigenvalue weighted by atomic mass is 79.9. The number of hydrogen-bond donors (Lipinski definition) is 2. The number of nitrogens with one attached hydrogen (secondary N) is 1. The molecule has 2 aromatic carbocycles. The first-order chi connectivity index (χ1) is 10.1. The second kappa shape index (κ2) is 5.58. The van der Waals surface area contributed by atoms with Crippen LogP contribution in [0.2, 0.25) is 0 Å². The van der Waals surface area contributed by atoms with Crippen molar-refractivity contribution >= 4 is 21.8 Å². The first-order valence-electron chi connectivity index (χ1n) is 6.58. The Morgan fingerprint density at radius 3 is 2.81 bits per heavy atom. The van der Waals surface area contributed by atoms with Crippen molar-refractivity contribution in [3.63, 3.8) is 0 Å². The molecule has 1 aliphatic rings. The molecule has 0 aromatic heterocycles. The molecule has 0 aliphatic heterocycles. The van der Waals surface area contributed by atoms with Crippen molar-refractivity contribution < 1.29 is 14.3 Å². The summed E-state index contributed by atoms with van der Waals surface area (Å²) in [5.41, 5.74) is 2.31. The van der Waals surface area contributed by atoms with Crippen molar-refractivity contribution in [2.45, 2.75) is 18.6 Å². The van der Waals surface area contributed by atoms with Gasteiger partial charge in [0.2, 0.25) is 0 Å². The molecule has 0 unspecified atom stereocenters. The van der Waals surface area contributed by atoms with Crippen LogP contribution < -0.4 is 5.32 Å². The van der Waals surface area contributed by atoms with Crippen LogP contribution in [0.15, 0.2) is 46.9 Å². The van der Waals surface area contributed by atoms with Crippen LogP contribution in [0.4, 0.5) is 4.39 Å². The summed E-state index contributed by atoms with van der Waals surface area (Å²) in [6.07, 6.45) is -0.121. The van der Waals surface area contributed by atoms with Crippen LogP contribution in [-0.4, -0.2) is 17.1 Å². The third kappa shape index (κ3) is 2.71. The van der Waals surface area contributed by atoms with Crippen LogP contribution >= 0.6 is 15.9 Å². The molecule has 3 rings (SSSR count). The van der Waals surface area contributed by atoms with E-state index in [0.29, 0.717) is 12.0 Å². The molecule has 0 fully saturated rings. The summed E-state index contributed by atoms with van der Waals surface area (Å²) < 4.78 is 13.4. The standard InChI is InChI=1S/C16H13BrFNO2/c17-12-7-10(5-6-13(12)18)16(21)19-15-11-4-2-1-3-9(11)8-14(15)20/h1-7,14-15,20H,8H2,(H,19,21)/t14-,15+/m1/s1. The van der Waals surface area contributed by atoms with Crippen molar-refractivity contribution in [3.8, 4) is 0 Å². The van der Waals surface area contributed by atoms with E-state index in [9.17, 15) is 14.3 Å². The lowest BCUT2D eigenvalue weighted by molar-refractivity contribution is 0.0858. The van der Waals surface area contributed by atoms with Gasteiger partial charge in [-0.15, -0.1) is 0 Å². The molecule has 0 saturated carbocycles. The van der Waals surface area contributed by atoms with Gasteiger partial charge in [-0.3, -0.25) is 4.79 Å². The molecular formula is C16H13BrFNO2. The van der Waals surface area contributed by atoms with Gasteiger partial charge in [0.25, 0.3) is 5.91 Å². The first-order valence-corrected chi connectivity index (χ1v) is 7.37. The van der Waals surface area contributed by atoms with E-state index in [-0.39, 0.29) is 10.4 Å².